The average Bonchev–Trinajstić information content (AvgIpc) is 2.26. The van der Waals surface area contributed by atoms with E-state index in [0.717, 1.165) is 44.9 Å². The van der Waals surface area contributed by atoms with E-state index in [1.54, 1.807) is 31.2 Å². The lowest BCUT2D eigenvalue weighted by molar-refractivity contribution is -0.234. The third-order valence-corrected chi connectivity index (χ3v) is 16.3. The van der Waals surface area contributed by atoms with E-state index in [1.165, 1.54) is 51.2 Å². The fraction of sp³-hybridized carbons (Fsp3) is 0.727. The number of allylic oxidation sites excluding steroid dienone is 10. The maximum atomic E-state index is 11.2. The molecule has 0 spiro atoms. The third-order valence-electron chi connectivity index (χ3n) is 16.3. The summed E-state index contributed by atoms with van der Waals surface area (Å²) in [4.78, 5) is 0. The van der Waals surface area contributed by atoms with Crippen LogP contribution in [0.25, 0.3) is 0 Å². The average molecular weight is 1230 g/mol. The minimum atomic E-state index is -1.82. The Morgan fingerprint density at radius 3 is 1.65 bits per heavy atom. The van der Waals surface area contributed by atoms with Crippen LogP contribution in [0, 0.1) is 5.92 Å². The number of unbranched alkanes of at least 4 members (excludes halogenated alkanes) is 11. The van der Waals surface area contributed by atoms with Crippen LogP contribution in [0.3, 0.4) is 0 Å². The highest BCUT2D eigenvalue weighted by atomic mass is 16.6. The second kappa shape index (κ2) is 45.2. The SMILES string of the molecule is C=CCC/C=C/C=C/C=C/CC/C=C/C(O)C(O)C1OC(C(O)C(O)C(=C)CCC(O)C2CC(O)C(O)C(C(O)C(O)/C=C(\C)CCC(O)CC(O)C(O)C(C)C(O)C(O)C/C=C/CC(O)/C=C/CCCCCCCCCCCO)O2)CC(O)C1O. The van der Waals surface area contributed by atoms with Crippen molar-refractivity contribution < 1.29 is 101 Å². The molecule has 2 rings (SSSR count). The van der Waals surface area contributed by atoms with Gasteiger partial charge in [-0.3, -0.25) is 0 Å². The topological polar surface area (TPSA) is 383 Å². The molecule has 2 aliphatic heterocycles. The van der Waals surface area contributed by atoms with Gasteiger partial charge in [0.05, 0.1) is 67.1 Å². The molecule has 86 heavy (non-hydrogen) atoms. The third kappa shape index (κ3) is 30.6. The Hall–Kier alpha value is -3.14. The van der Waals surface area contributed by atoms with Gasteiger partial charge in [-0.05, 0) is 96.0 Å². The van der Waals surface area contributed by atoms with Crippen molar-refractivity contribution in [2.24, 2.45) is 5.92 Å². The summed E-state index contributed by atoms with van der Waals surface area (Å²) in [6, 6.07) is 0. The summed E-state index contributed by atoms with van der Waals surface area (Å²) in [7, 11) is 0. The van der Waals surface area contributed by atoms with Crippen LogP contribution in [-0.4, -0.2) is 227 Å². The van der Waals surface area contributed by atoms with Gasteiger partial charge in [0.15, 0.2) is 0 Å². The molecular formula is C66H112O20. The van der Waals surface area contributed by atoms with E-state index in [9.17, 15) is 86.8 Å². The van der Waals surface area contributed by atoms with Crippen molar-refractivity contribution in [3.05, 3.63) is 109 Å². The van der Waals surface area contributed by atoms with Gasteiger partial charge in [-0.2, -0.15) is 0 Å². The molecule has 22 atom stereocenters. The van der Waals surface area contributed by atoms with E-state index in [1.807, 2.05) is 48.6 Å². The fourth-order valence-electron chi connectivity index (χ4n) is 10.5. The van der Waals surface area contributed by atoms with E-state index >= 15 is 0 Å². The molecular weight excluding hydrogens is 1110 g/mol. The zero-order valence-corrected chi connectivity index (χ0v) is 51.0. The van der Waals surface area contributed by atoms with Crippen LogP contribution in [0.15, 0.2) is 109 Å². The molecule has 0 aromatic carbocycles. The van der Waals surface area contributed by atoms with Gasteiger partial charge in [0.25, 0.3) is 0 Å². The smallest absolute Gasteiger partial charge is 0.115 e. The van der Waals surface area contributed by atoms with E-state index in [-0.39, 0.29) is 63.5 Å². The molecule has 0 radical (unpaired) electrons. The van der Waals surface area contributed by atoms with Gasteiger partial charge < -0.3 is 101 Å². The molecule has 22 unspecified atom stereocenters. The Morgan fingerprint density at radius 2 is 1.05 bits per heavy atom. The zero-order chi connectivity index (χ0) is 64.1. The molecule has 2 saturated heterocycles. The summed E-state index contributed by atoms with van der Waals surface area (Å²) in [5, 5.41) is 193. The van der Waals surface area contributed by atoms with Crippen LogP contribution in [0.1, 0.15) is 162 Å². The number of aliphatic hydroxyl groups is 18. The van der Waals surface area contributed by atoms with Crippen molar-refractivity contribution in [3.8, 4) is 0 Å². The fourth-order valence-corrected chi connectivity index (χ4v) is 10.5. The second-order valence-electron chi connectivity index (χ2n) is 23.7. The molecule has 0 amide bonds. The first-order chi connectivity index (χ1) is 41.0. The van der Waals surface area contributed by atoms with Crippen LogP contribution < -0.4 is 0 Å². The molecule has 20 nitrogen and oxygen atoms in total. The van der Waals surface area contributed by atoms with E-state index in [2.05, 4.69) is 13.2 Å². The minimum Gasteiger partial charge on any atom is -0.396 e. The highest BCUT2D eigenvalue weighted by molar-refractivity contribution is 5.13. The molecule has 2 heterocycles. The molecule has 0 saturated carbocycles. The van der Waals surface area contributed by atoms with Gasteiger partial charge in [0.1, 0.15) is 61.0 Å². The largest absolute Gasteiger partial charge is 0.396 e. The van der Waals surface area contributed by atoms with Crippen LogP contribution in [0.5, 0.6) is 0 Å². The summed E-state index contributed by atoms with van der Waals surface area (Å²) in [6.45, 7) is 10.8. The minimum absolute atomic E-state index is 0.0105. The number of ether oxygens (including phenoxy) is 2. The van der Waals surface area contributed by atoms with Crippen molar-refractivity contribution in [1.29, 1.82) is 0 Å². The van der Waals surface area contributed by atoms with Gasteiger partial charge in [0, 0.05) is 31.8 Å². The molecule has 0 bridgehead atoms. The van der Waals surface area contributed by atoms with Gasteiger partial charge in [-0.1, -0.05) is 149 Å². The molecule has 496 valence electrons. The Bertz CT molecular complexity index is 2010. The van der Waals surface area contributed by atoms with E-state index in [4.69, 9.17) is 14.6 Å². The van der Waals surface area contributed by atoms with Crippen LogP contribution in [-0.2, 0) is 9.47 Å². The summed E-state index contributed by atoms with van der Waals surface area (Å²) in [5.74, 6) is -0.992. The van der Waals surface area contributed by atoms with Gasteiger partial charge in [-0.25, -0.2) is 0 Å². The summed E-state index contributed by atoms with van der Waals surface area (Å²) in [6.07, 6.45) is 6.78. The number of hydrogen-bond acceptors (Lipinski definition) is 20. The quantitative estimate of drug-likeness (QED) is 0.0236. The predicted molar refractivity (Wildman–Crippen MR) is 330 cm³/mol. The van der Waals surface area contributed by atoms with Crippen molar-refractivity contribution in [1.82, 2.24) is 0 Å². The number of rotatable bonds is 46. The van der Waals surface area contributed by atoms with Crippen molar-refractivity contribution in [2.45, 2.75) is 290 Å². The van der Waals surface area contributed by atoms with Gasteiger partial charge in [0.2, 0.25) is 0 Å². The Balaban J connectivity index is 1.82. The number of hydrogen-bond donors (Lipinski definition) is 18. The number of aliphatic hydroxyl groups excluding tert-OH is 18. The molecule has 0 aromatic heterocycles. The van der Waals surface area contributed by atoms with Crippen LogP contribution >= 0.6 is 0 Å². The van der Waals surface area contributed by atoms with Crippen molar-refractivity contribution >= 4 is 0 Å². The zero-order valence-electron chi connectivity index (χ0n) is 51.0. The first-order valence-electron chi connectivity index (χ1n) is 31.4. The predicted octanol–water partition coefficient (Wildman–Crippen LogP) is 3.28. The standard InChI is InChI=1S/C66H112O20/c1-5-6-7-8-9-10-11-14-17-20-23-26-32-50(72)60(80)65-63(83)54(76)42-56(86-65)64(84)57(77)44(3)35-37-48(70)55-41-53(75)62(82)66(85-55)61(81)51(73)39-43(2)34-36-47(69)40-52(74)59(79)45(4)58(78)49(71)33-28-27-31-46(68)30-25-22-19-16-13-12-15-18-21-24-29-38-67/h5,8-11,14,17,25-28,30,32,39,45-84H,1,3,6-7,12-13,15-16,18-24,29,31,33-38,40-42H2,2,4H3/b9-8+,11-10+,17-14+,28-27+,30-25+,32-26+,43-39+. The van der Waals surface area contributed by atoms with Crippen molar-refractivity contribution in [2.75, 3.05) is 6.61 Å². The van der Waals surface area contributed by atoms with E-state index in [0.29, 0.717) is 24.8 Å². The summed E-state index contributed by atoms with van der Waals surface area (Å²) >= 11 is 0. The first-order valence-corrected chi connectivity index (χ1v) is 31.4. The normalized spacial score (nSPS) is 26.9. The van der Waals surface area contributed by atoms with Crippen LogP contribution in [0.4, 0.5) is 0 Å². The second-order valence-corrected chi connectivity index (χ2v) is 23.7. The lowest BCUT2D eigenvalue weighted by atomic mass is 9.86. The van der Waals surface area contributed by atoms with E-state index < -0.39 is 134 Å². The lowest BCUT2D eigenvalue weighted by Gasteiger charge is -2.42. The first kappa shape index (κ1) is 79.0. The lowest BCUT2D eigenvalue weighted by Crippen LogP contribution is -2.59. The maximum absolute atomic E-state index is 11.2. The maximum Gasteiger partial charge on any atom is 0.115 e. The highest BCUT2D eigenvalue weighted by Crippen LogP contribution is 2.32. The molecule has 18 N–H and O–H groups in total. The molecule has 0 aromatic rings. The Morgan fingerprint density at radius 1 is 0.535 bits per heavy atom. The molecule has 20 heteroatoms. The Labute approximate surface area is 511 Å². The van der Waals surface area contributed by atoms with Gasteiger partial charge >= 0.3 is 0 Å². The summed E-state index contributed by atoms with van der Waals surface area (Å²) in [5.41, 5.74) is 0.482. The van der Waals surface area contributed by atoms with Crippen molar-refractivity contribution in [3.63, 3.8) is 0 Å². The highest BCUT2D eigenvalue weighted by Gasteiger charge is 2.47. The summed E-state index contributed by atoms with van der Waals surface area (Å²) < 4.78 is 11.6. The molecule has 0 aliphatic carbocycles. The molecule has 2 aliphatic rings. The Kier molecular flexibility index (Phi) is 41.5. The molecule has 2 fully saturated rings. The monoisotopic (exact) mass is 1220 g/mol. The van der Waals surface area contributed by atoms with Crippen LogP contribution in [0.2, 0.25) is 0 Å². The van der Waals surface area contributed by atoms with Gasteiger partial charge in [-0.15, -0.1) is 6.58 Å².